The highest BCUT2D eigenvalue weighted by molar-refractivity contribution is 7.87. The van der Waals surface area contributed by atoms with E-state index in [1.807, 2.05) is 6.92 Å². The maximum absolute atomic E-state index is 12.4. The molecule has 1 aliphatic heterocycles. The quantitative estimate of drug-likeness (QED) is 0.671. The van der Waals surface area contributed by atoms with Crippen molar-refractivity contribution in [3.63, 3.8) is 0 Å². The van der Waals surface area contributed by atoms with Crippen LogP contribution in [-0.4, -0.2) is 48.6 Å². The minimum Gasteiger partial charge on any atom is -0.315 e. The predicted octanol–water partition coefficient (Wildman–Crippen LogP) is 0.208. The van der Waals surface area contributed by atoms with E-state index >= 15 is 0 Å². The van der Waals surface area contributed by atoms with Crippen LogP contribution in [0.1, 0.15) is 31.7 Å². The molecule has 0 saturated carbocycles. The van der Waals surface area contributed by atoms with E-state index in [1.165, 1.54) is 0 Å². The number of nitrogens with zero attached hydrogens (tertiary/aromatic N) is 2. The number of H-pyrrole nitrogens is 1. The Labute approximate surface area is 120 Å². The molecule has 1 atom stereocenters. The van der Waals surface area contributed by atoms with Gasteiger partial charge in [-0.05, 0) is 19.4 Å². The molecule has 0 aromatic carbocycles. The summed E-state index contributed by atoms with van der Waals surface area (Å²) in [4.78, 5) is 0. The van der Waals surface area contributed by atoms with E-state index in [4.69, 9.17) is 0 Å². The molecular weight excluding hydrogens is 278 g/mol. The van der Waals surface area contributed by atoms with Crippen molar-refractivity contribution in [1.82, 2.24) is 24.5 Å². The Kier molecular flexibility index (Phi) is 5.53. The molecule has 1 aromatic heterocycles. The van der Waals surface area contributed by atoms with Crippen molar-refractivity contribution < 1.29 is 8.42 Å². The molecule has 114 valence electrons. The van der Waals surface area contributed by atoms with Crippen LogP contribution in [0.25, 0.3) is 0 Å². The summed E-state index contributed by atoms with van der Waals surface area (Å²) in [5.41, 5.74) is 0.828. The first-order valence-corrected chi connectivity index (χ1v) is 8.52. The summed E-state index contributed by atoms with van der Waals surface area (Å²) < 4.78 is 29.1. The van der Waals surface area contributed by atoms with E-state index < -0.39 is 10.2 Å². The van der Waals surface area contributed by atoms with Crippen LogP contribution in [0.5, 0.6) is 0 Å². The zero-order valence-electron chi connectivity index (χ0n) is 11.8. The fourth-order valence-electron chi connectivity index (χ4n) is 2.44. The summed E-state index contributed by atoms with van der Waals surface area (Å²) in [5.74, 6) is 0. The molecule has 1 unspecified atom stereocenters. The van der Waals surface area contributed by atoms with E-state index in [1.54, 1.807) is 16.7 Å². The third-order valence-corrected chi connectivity index (χ3v) is 5.13. The van der Waals surface area contributed by atoms with Gasteiger partial charge in [0.2, 0.25) is 0 Å². The second-order valence-electron chi connectivity index (χ2n) is 5.00. The number of piperidine rings is 1. The summed E-state index contributed by atoms with van der Waals surface area (Å²) >= 11 is 0. The van der Waals surface area contributed by atoms with Crippen LogP contribution in [0.15, 0.2) is 12.4 Å². The van der Waals surface area contributed by atoms with Crippen molar-refractivity contribution in [3.8, 4) is 0 Å². The summed E-state index contributed by atoms with van der Waals surface area (Å²) in [6, 6.07) is 0.0468. The summed E-state index contributed by atoms with van der Waals surface area (Å²) in [5, 5.41) is 9.72. The molecule has 20 heavy (non-hydrogen) atoms. The van der Waals surface area contributed by atoms with Crippen molar-refractivity contribution in [1.29, 1.82) is 0 Å². The van der Waals surface area contributed by atoms with Crippen molar-refractivity contribution in [2.45, 2.75) is 38.8 Å². The Morgan fingerprint density at radius 1 is 1.50 bits per heavy atom. The van der Waals surface area contributed by atoms with Crippen molar-refractivity contribution in [3.05, 3.63) is 18.0 Å². The lowest BCUT2D eigenvalue weighted by atomic mass is 10.1. The first-order chi connectivity index (χ1) is 9.63. The largest absolute Gasteiger partial charge is 0.315 e. The minimum atomic E-state index is -3.44. The van der Waals surface area contributed by atoms with Crippen LogP contribution in [0.3, 0.4) is 0 Å². The number of hydrogen-bond acceptors (Lipinski definition) is 4. The second-order valence-corrected chi connectivity index (χ2v) is 6.71. The number of hydrogen-bond donors (Lipinski definition) is 3. The molecule has 1 fully saturated rings. The lowest BCUT2D eigenvalue weighted by Crippen LogP contribution is -2.52. The minimum absolute atomic E-state index is 0.0468. The number of rotatable bonds is 7. The van der Waals surface area contributed by atoms with Crippen LogP contribution < -0.4 is 10.0 Å². The predicted molar refractivity (Wildman–Crippen MR) is 77.2 cm³/mol. The first kappa shape index (κ1) is 15.4. The molecule has 1 saturated heterocycles. The Morgan fingerprint density at radius 3 is 3.05 bits per heavy atom. The Bertz CT molecular complexity index is 488. The molecule has 0 bridgehead atoms. The molecule has 1 aliphatic rings. The normalized spacial score (nSPS) is 21.1. The maximum atomic E-state index is 12.4. The zero-order valence-corrected chi connectivity index (χ0v) is 12.6. The molecule has 2 rings (SSSR count). The molecule has 0 aliphatic carbocycles. The number of aromatic nitrogens is 2. The van der Waals surface area contributed by atoms with Gasteiger partial charge in [0, 0.05) is 37.4 Å². The number of aromatic amines is 1. The summed E-state index contributed by atoms with van der Waals surface area (Å²) in [7, 11) is -3.44. The smallest absolute Gasteiger partial charge is 0.280 e. The van der Waals surface area contributed by atoms with E-state index in [0.29, 0.717) is 13.1 Å². The van der Waals surface area contributed by atoms with Gasteiger partial charge in [0.15, 0.2) is 0 Å². The lowest BCUT2D eigenvalue weighted by Gasteiger charge is -2.34. The van der Waals surface area contributed by atoms with Gasteiger partial charge in [-0.1, -0.05) is 13.3 Å². The summed E-state index contributed by atoms with van der Waals surface area (Å²) in [6.07, 6.45) is 6.24. The van der Waals surface area contributed by atoms with Gasteiger partial charge in [-0.2, -0.15) is 22.5 Å². The van der Waals surface area contributed by atoms with Crippen molar-refractivity contribution >= 4 is 10.2 Å². The molecule has 3 N–H and O–H groups in total. The molecule has 0 amide bonds. The van der Waals surface area contributed by atoms with Gasteiger partial charge in [-0.25, -0.2) is 0 Å². The topological polar surface area (TPSA) is 90.1 Å². The average Bonchev–Trinajstić information content (AvgIpc) is 2.97. The SMILES string of the molecule is CCNCC1CCCCN1S(=O)(=O)NCc1cn[nH]c1. The van der Waals surface area contributed by atoms with E-state index in [-0.39, 0.29) is 12.6 Å². The van der Waals surface area contributed by atoms with Crippen molar-refractivity contribution in [2.75, 3.05) is 19.6 Å². The fraction of sp³-hybridized carbons (Fsp3) is 0.750. The molecule has 0 radical (unpaired) electrons. The van der Waals surface area contributed by atoms with Gasteiger partial charge in [0.05, 0.1) is 6.20 Å². The van der Waals surface area contributed by atoms with Gasteiger partial charge < -0.3 is 5.32 Å². The van der Waals surface area contributed by atoms with Gasteiger partial charge >= 0.3 is 0 Å². The third kappa shape index (κ3) is 4.02. The van der Waals surface area contributed by atoms with Crippen LogP contribution in [-0.2, 0) is 16.8 Å². The van der Waals surface area contributed by atoms with Gasteiger partial charge in [0.25, 0.3) is 10.2 Å². The molecule has 7 nitrogen and oxygen atoms in total. The second kappa shape index (κ2) is 7.16. The number of nitrogens with one attached hydrogen (secondary N) is 3. The fourth-order valence-corrected chi connectivity index (χ4v) is 3.89. The summed E-state index contributed by atoms with van der Waals surface area (Å²) in [6.45, 7) is 4.45. The molecule has 2 heterocycles. The Morgan fingerprint density at radius 2 is 2.35 bits per heavy atom. The van der Waals surface area contributed by atoms with Gasteiger partial charge in [0.1, 0.15) is 0 Å². The van der Waals surface area contributed by atoms with Crippen LogP contribution in [0.2, 0.25) is 0 Å². The van der Waals surface area contributed by atoms with E-state index in [9.17, 15) is 8.42 Å². The highest BCUT2D eigenvalue weighted by Gasteiger charge is 2.31. The third-order valence-electron chi connectivity index (χ3n) is 3.53. The highest BCUT2D eigenvalue weighted by Crippen LogP contribution is 2.19. The van der Waals surface area contributed by atoms with E-state index in [2.05, 4.69) is 20.2 Å². The monoisotopic (exact) mass is 301 g/mol. The molecule has 8 heteroatoms. The Hall–Kier alpha value is -0.960. The van der Waals surface area contributed by atoms with Crippen LogP contribution in [0.4, 0.5) is 0 Å². The standard InChI is InChI=1S/C12H23N5O2S/c1-2-13-10-12-5-3-4-6-17(12)20(18,19)16-9-11-7-14-15-8-11/h7-8,12-13,16H,2-6,9-10H2,1H3,(H,14,15). The average molecular weight is 301 g/mol. The van der Waals surface area contributed by atoms with Crippen LogP contribution in [0, 0.1) is 0 Å². The van der Waals surface area contributed by atoms with Gasteiger partial charge in [-0.3, -0.25) is 5.10 Å². The van der Waals surface area contributed by atoms with Crippen LogP contribution >= 0.6 is 0 Å². The molecule has 1 aromatic rings. The van der Waals surface area contributed by atoms with Crippen molar-refractivity contribution in [2.24, 2.45) is 0 Å². The molecular formula is C12H23N5O2S. The zero-order chi connectivity index (χ0) is 14.4. The lowest BCUT2D eigenvalue weighted by molar-refractivity contribution is 0.243. The Balaban J connectivity index is 1.97. The maximum Gasteiger partial charge on any atom is 0.280 e. The number of likely N-dealkylation sites (N-methyl/N-ethyl adjacent to an activating group) is 1. The van der Waals surface area contributed by atoms with Gasteiger partial charge in [-0.15, -0.1) is 0 Å². The highest BCUT2D eigenvalue weighted by atomic mass is 32.2. The first-order valence-electron chi connectivity index (χ1n) is 7.08. The van der Waals surface area contributed by atoms with E-state index in [0.717, 1.165) is 31.4 Å². The molecule has 0 spiro atoms.